The van der Waals surface area contributed by atoms with Crippen molar-refractivity contribution in [2.75, 3.05) is 11.9 Å². The maximum Gasteiger partial charge on any atom is 0.275 e. The van der Waals surface area contributed by atoms with Crippen molar-refractivity contribution in [3.05, 3.63) is 70.6 Å². The highest BCUT2D eigenvalue weighted by molar-refractivity contribution is 6.33. The van der Waals surface area contributed by atoms with Crippen LogP contribution in [0.1, 0.15) is 21.6 Å². The molecular formula is C20H16ClN3O2. The van der Waals surface area contributed by atoms with Gasteiger partial charge in [0.05, 0.1) is 6.61 Å². The van der Waals surface area contributed by atoms with Crippen LogP contribution in [0.2, 0.25) is 5.02 Å². The summed E-state index contributed by atoms with van der Waals surface area (Å²) >= 11 is 6.40. The van der Waals surface area contributed by atoms with Gasteiger partial charge in [0.15, 0.2) is 0 Å². The summed E-state index contributed by atoms with van der Waals surface area (Å²) in [5, 5.41) is 3.43. The van der Waals surface area contributed by atoms with Gasteiger partial charge in [-0.15, -0.1) is 0 Å². The third-order valence-electron chi connectivity index (χ3n) is 4.32. The van der Waals surface area contributed by atoms with Gasteiger partial charge >= 0.3 is 0 Å². The Morgan fingerprint density at radius 3 is 2.88 bits per heavy atom. The molecule has 0 saturated carbocycles. The number of rotatable bonds is 3. The predicted molar refractivity (Wildman–Crippen MR) is 101 cm³/mol. The summed E-state index contributed by atoms with van der Waals surface area (Å²) in [6.45, 7) is 2.53. The summed E-state index contributed by atoms with van der Waals surface area (Å²) in [5.41, 5.74) is 4.05. The van der Waals surface area contributed by atoms with E-state index >= 15 is 0 Å². The summed E-state index contributed by atoms with van der Waals surface area (Å²) in [5.74, 6) is 1.04. The molecule has 0 spiro atoms. The van der Waals surface area contributed by atoms with E-state index in [-0.39, 0.29) is 5.91 Å². The van der Waals surface area contributed by atoms with Crippen molar-refractivity contribution in [3.8, 4) is 16.9 Å². The van der Waals surface area contributed by atoms with E-state index in [1.807, 2.05) is 31.2 Å². The monoisotopic (exact) mass is 365 g/mol. The molecule has 2 aromatic heterocycles. The number of carbonyl (C=O) groups excluding carboxylic acids is 1. The van der Waals surface area contributed by atoms with Crippen LogP contribution in [0, 0.1) is 6.92 Å². The topological polar surface area (TPSA) is 64.1 Å². The third-order valence-corrected chi connectivity index (χ3v) is 4.63. The van der Waals surface area contributed by atoms with Gasteiger partial charge in [-0.3, -0.25) is 9.78 Å². The van der Waals surface area contributed by atoms with E-state index in [1.54, 1.807) is 24.5 Å². The lowest BCUT2D eigenvalue weighted by Crippen LogP contribution is -2.15. The van der Waals surface area contributed by atoms with Crippen LogP contribution in [0.5, 0.6) is 5.75 Å². The fourth-order valence-corrected chi connectivity index (χ4v) is 3.24. The number of fused-ring (bicyclic) bond motifs is 1. The molecule has 1 aliphatic rings. The Hall–Kier alpha value is -2.92. The van der Waals surface area contributed by atoms with E-state index in [0.717, 1.165) is 34.4 Å². The number of carbonyl (C=O) groups is 1. The highest BCUT2D eigenvalue weighted by Crippen LogP contribution is 2.36. The first-order valence-electron chi connectivity index (χ1n) is 8.26. The van der Waals surface area contributed by atoms with Gasteiger partial charge in [-0.25, -0.2) is 4.98 Å². The predicted octanol–water partition coefficient (Wildman–Crippen LogP) is 4.29. The second kappa shape index (κ2) is 6.77. The van der Waals surface area contributed by atoms with E-state index in [1.165, 1.54) is 0 Å². The Morgan fingerprint density at radius 1 is 1.23 bits per heavy atom. The molecule has 26 heavy (non-hydrogen) atoms. The summed E-state index contributed by atoms with van der Waals surface area (Å²) in [7, 11) is 0. The van der Waals surface area contributed by atoms with Gasteiger partial charge in [-0.1, -0.05) is 17.7 Å². The maximum absolute atomic E-state index is 12.3. The molecular weight excluding hydrogens is 350 g/mol. The molecule has 0 atom stereocenters. The number of aromatic nitrogens is 2. The Bertz CT molecular complexity index is 987. The molecule has 0 aliphatic carbocycles. The van der Waals surface area contributed by atoms with Gasteiger partial charge < -0.3 is 10.1 Å². The number of pyridine rings is 2. The van der Waals surface area contributed by atoms with Crippen LogP contribution >= 0.6 is 11.6 Å². The first kappa shape index (κ1) is 16.5. The number of benzene rings is 1. The third kappa shape index (κ3) is 3.13. The van der Waals surface area contributed by atoms with Gasteiger partial charge in [-0.2, -0.15) is 0 Å². The van der Waals surface area contributed by atoms with Gasteiger partial charge in [-0.05, 0) is 48.4 Å². The van der Waals surface area contributed by atoms with Crippen molar-refractivity contribution in [3.63, 3.8) is 0 Å². The molecule has 1 aliphatic heterocycles. The highest BCUT2D eigenvalue weighted by atomic mass is 35.5. The zero-order valence-corrected chi connectivity index (χ0v) is 14.9. The average molecular weight is 366 g/mol. The summed E-state index contributed by atoms with van der Waals surface area (Å²) < 4.78 is 5.61. The lowest BCUT2D eigenvalue weighted by atomic mass is 10.0. The Morgan fingerprint density at radius 2 is 2.12 bits per heavy atom. The summed E-state index contributed by atoms with van der Waals surface area (Å²) in [4.78, 5) is 20.8. The van der Waals surface area contributed by atoms with Crippen LogP contribution in [0.3, 0.4) is 0 Å². The number of hydrogen-bond donors (Lipinski definition) is 1. The Kier molecular flexibility index (Phi) is 4.31. The van der Waals surface area contributed by atoms with E-state index in [2.05, 4.69) is 15.3 Å². The minimum Gasteiger partial charge on any atom is -0.493 e. The Balaban J connectivity index is 1.56. The van der Waals surface area contributed by atoms with Crippen LogP contribution in [0.4, 0.5) is 5.82 Å². The lowest BCUT2D eigenvalue weighted by molar-refractivity contribution is 0.102. The molecule has 130 valence electrons. The van der Waals surface area contributed by atoms with Gasteiger partial charge in [0, 0.05) is 35.0 Å². The quantitative estimate of drug-likeness (QED) is 0.751. The lowest BCUT2D eigenvalue weighted by Gasteiger charge is -2.09. The molecule has 3 aromatic rings. The smallest absolute Gasteiger partial charge is 0.275 e. The molecule has 6 heteroatoms. The molecule has 5 nitrogen and oxygen atoms in total. The first-order valence-corrected chi connectivity index (χ1v) is 8.64. The van der Waals surface area contributed by atoms with Crippen LogP contribution in [0.25, 0.3) is 11.1 Å². The van der Waals surface area contributed by atoms with Crippen LogP contribution in [0.15, 0.2) is 48.8 Å². The molecule has 0 saturated heterocycles. The number of hydrogen-bond acceptors (Lipinski definition) is 4. The van der Waals surface area contributed by atoms with Crippen LogP contribution in [-0.2, 0) is 6.42 Å². The van der Waals surface area contributed by atoms with Crippen molar-refractivity contribution >= 4 is 23.3 Å². The minimum atomic E-state index is -0.285. The molecule has 1 aromatic carbocycles. The van der Waals surface area contributed by atoms with Gasteiger partial charge in [0.2, 0.25) is 0 Å². The number of aryl methyl sites for hydroxylation is 1. The molecule has 4 rings (SSSR count). The fraction of sp³-hybridized carbons (Fsp3) is 0.150. The summed E-state index contributed by atoms with van der Waals surface area (Å²) in [6, 6.07) is 11.1. The van der Waals surface area contributed by atoms with Crippen molar-refractivity contribution in [1.29, 1.82) is 0 Å². The number of halogens is 1. The zero-order valence-electron chi connectivity index (χ0n) is 14.1. The number of ether oxygens (including phenoxy) is 1. The largest absolute Gasteiger partial charge is 0.493 e. The highest BCUT2D eigenvalue weighted by Gasteiger charge is 2.16. The van der Waals surface area contributed by atoms with Crippen molar-refractivity contribution in [1.82, 2.24) is 9.97 Å². The summed E-state index contributed by atoms with van der Waals surface area (Å²) in [6.07, 6.45) is 4.16. The van der Waals surface area contributed by atoms with Gasteiger partial charge in [0.1, 0.15) is 17.3 Å². The zero-order chi connectivity index (χ0) is 18.1. The molecule has 0 radical (unpaired) electrons. The van der Waals surface area contributed by atoms with Crippen molar-refractivity contribution < 1.29 is 9.53 Å². The van der Waals surface area contributed by atoms with E-state index in [9.17, 15) is 4.79 Å². The maximum atomic E-state index is 12.3. The molecule has 0 unspecified atom stereocenters. The van der Waals surface area contributed by atoms with Crippen LogP contribution < -0.4 is 10.1 Å². The second-order valence-corrected chi connectivity index (χ2v) is 6.50. The molecule has 3 heterocycles. The number of amides is 1. The standard InChI is InChI=1S/C20H16ClN3O2/c1-12-3-2-7-22-19(12)20(25)24-18-5-4-14(11-23-18)15-10-17-13(6-8-26-17)9-16(15)21/h2-5,7,9-11H,6,8H2,1H3,(H,23,24,25). The molecule has 1 N–H and O–H groups in total. The Labute approximate surface area is 156 Å². The number of nitrogens with one attached hydrogen (secondary N) is 1. The molecule has 0 fully saturated rings. The van der Waals surface area contributed by atoms with Gasteiger partial charge in [0.25, 0.3) is 5.91 Å². The van der Waals surface area contributed by atoms with Crippen LogP contribution in [-0.4, -0.2) is 22.5 Å². The van der Waals surface area contributed by atoms with Crippen molar-refractivity contribution in [2.24, 2.45) is 0 Å². The normalized spacial score (nSPS) is 12.4. The van der Waals surface area contributed by atoms with Crippen molar-refractivity contribution in [2.45, 2.75) is 13.3 Å². The minimum absolute atomic E-state index is 0.285. The number of nitrogens with zero attached hydrogens (tertiary/aromatic N) is 2. The second-order valence-electron chi connectivity index (χ2n) is 6.09. The average Bonchev–Trinajstić information content (AvgIpc) is 3.09. The first-order chi connectivity index (χ1) is 12.6. The molecule has 1 amide bonds. The molecule has 0 bridgehead atoms. The van der Waals surface area contributed by atoms with E-state index < -0.39 is 0 Å². The van der Waals surface area contributed by atoms with E-state index in [0.29, 0.717) is 23.1 Å². The van der Waals surface area contributed by atoms with E-state index in [4.69, 9.17) is 16.3 Å². The fourth-order valence-electron chi connectivity index (χ4n) is 2.94. The SMILES string of the molecule is Cc1cccnc1C(=O)Nc1ccc(-c2cc3c(cc2Cl)CCO3)cn1. The number of anilines is 1.